The summed E-state index contributed by atoms with van der Waals surface area (Å²) in [7, 11) is 1.96. The maximum absolute atomic E-state index is 13.1. The van der Waals surface area contributed by atoms with Gasteiger partial charge in [-0.2, -0.15) is 0 Å². The Hall–Kier alpha value is -2.67. The lowest BCUT2D eigenvalue weighted by Crippen LogP contribution is -2.25. The zero-order valence-corrected chi connectivity index (χ0v) is 18.1. The molecule has 6 nitrogen and oxygen atoms in total. The quantitative estimate of drug-likeness (QED) is 0.310. The number of benzene rings is 2. The van der Waals surface area contributed by atoms with Crippen molar-refractivity contribution in [2.45, 2.75) is 26.6 Å². The Morgan fingerprint density at radius 3 is 2.60 bits per heavy atom. The number of hydrogen-bond donors (Lipinski definition) is 2. The molecule has 0 aliphatic heterocycles. The third kappa shape index (κ3) is 5.48. The number of fused-ring (bicyclic) bond motifs is 1. The van der Waals surface area contributed by atoms with Crippen LogP contribution in [0.4, 0.5) is 0 Å². The molecule has 2 N–H and O–H groups in total. The van der Waals surface area contributed by atoms with Gasteiger partial charge in [0.2, 0.25) is 0 Å². The largest absolute Gasteiger partial charge is 0.411 e. The summed E-state index contributed by atoms with van der Waals surface area (Å²) < 4.78 is 2.00. The van der Waals surface area contributed by atoms with Gasteiger partial charge in [-0.15, -0.1) is 5.16 Å². The lowest BCUT2D eigenvalue weighted by molar-refractivity contribution is 0.301. The fraction of sp³-hybridized carbons (Fsp3) is 0.304. The van der Waals surface area contributed by atoms with Crippen molar-refractivity contribution in [2.75, 3.05) is 13.1 Å². The topological polar surface area (TPSA) is 69.9 Å². The second-order valence-electron chi connectivity index (χ2n) is 7.30. The number of halogens is 1. The van der Waals surface area contributed by atoms with Gasteiger partial charge >= 0.3 is 0 Å². The molecule has 0 atom stereocenters. The summed E-state index contributed by atoms with van der Waals surface area (Å²) in [6.45, 7) is 5.25. The van der Waals surface area contributed by atoms with Crippen molar-refractivity contribution in [1.29, 1.82) is 0 Å². The monoisotopic (exact) mass is 426 g/mol. The third-order valence-electron chi connectivity index (χ3n) is 5.16. The Labute approximate surface area is 181 Å². The van der Waals surface area contributed by atoms with Crippen LogP contribution in [0.3, 0.4) is 0 Å². The summed E-state index contributed by atoms with van der Waals surface area (Å²) in [5.74, 6) is 0. The van der Waals surface area contributed by atoms with Crippen molar-refractivity contribution in [3.05, 3.63) is 80.6 Å². The minimum absolute atomic E-state index is 0.0496. The molecule has 0 bridgehead atoms. The van der Waals surface area contributed by atoms with Gasteiger partial charge in [0.15, 0.2) is 5.43 Å². The van der Waals surface area contributed by atoms with Gasteiger partial charge in [0.25, 0.3) is 0 Å². The molecule has 0 fully saturated rings. The van der Waals surface area contributed by atoms with Crippen molar-refractivity contribution in [1.82, 2.24) is 14.8 Å². The molecular formula is C23H27ClN4O2. The van der Waals surface area contributed by atoms with Gasteiger partial charge in [0, 0.05) is 55.4 Å². The van der Waals surface area contributed by atoms with E-state index in [0.29, 0.717) is 36.6 Å². The van der Waals surface area contributed by atoms with Crippen LogP contribution in [0.1, 0.15) is 23.6 Å². The van der Waals surface area contributed by atoms with E-state index in [9.17, 15) is 4.79 Å². The number of rotatable bonds is 9. The standard InChI is InChI=1S/C23H27ClN4O2/c1-3-28(11-10-26-30)15-18-6-9-22-21(12-18)23(29)19(16-27(22)2)14-25-13-17-4-7-20(24)8-5-17/h4-10,12,16,25,30H,3,11,13-15H2,1-2H3/b26-10+. The van der Waals surface area contributed by atoms with Gasteiger partial charge in [-0.05, 0) is 41.9 Å². The third-order valence-corrected chi connectivity index (χ3v) is 5.41. The Morgan fingerprint density at radius 1 is 1.17 bits per heavy atom. The van der Waals surface area contributed by atoms with Crippen LogP contribution < -0.4 is 10.7 Å². The van der Waals surface area contributed by atoms with E-state index >= 15 is 0 Å². The highest BCUT2D eigenvalue weighted by Crippen LogP contribution is 2.15. The van der Waals surface area contributed by atoms with Crippen LogP contribution in [0.2, 0.25) is 5.02 Å². The van der Waals surface area contributed by atoms with Crippen LogP contribution in [-0.2, 0) is 26.7 Å². The molecule has 0 saturated carbocycles. The first-order valence-corrected chi connectivity index (χ1v) is 10.3. The molecule has 0 unspecified atom stereocenters. The first-order valence-electron chi connectivity index (χ1n) is 9.96. The van der Waals surface area contributed by atoms with Crippen molar-refractivity contribution >= 4 is 28.7 Å². The molecule has 3 rings (SSSR count). The predicted octanol–water partition coefficient (Wildman–Crippen LogP) is 3.76. The van der Waals surface area contributed by atoms with E-state index in [-0.39, 0.29) is 5.43 Å². The molecule has 7 heteroatoms. The lowest BCUT2D eigenvalue weighted by atomic mass is 10.1. The molecule has 3 aromatic rings. The van der Waals surface area contributed by atoms with Crippen molar-refractivity contribution in [2.24, 2.45) is 12.2 Å². The smallest absolute Gasteiger partial charge is 0.193 e. The normalized spacial score (nSPS) is 11.7. The highest BCUT2D eigenvalue weighted by molar-refractivity contribution is 6.30. The number of nitrogens with zero attached hydrogens (tertiary/aromatic N) is 3. The zero-order chi connectivity index (χ0) is 21.5. The fourth-order valence-corrected chi connectivity index (χ4v) is 3.62. The van der Waals surface area contributed by atoms with E-state index in [2.05, 4.69) is 22.3 Å². The number of nitrogens with one attached hydrogen (secondary N) is 1. The molecule has 0 spiro atoms. The minimum atomic E-state index is 0.0496. The van der Waals surface area contributed by atoms with E-state index in [1.165, 1.54) is 6.21 Å². The fourth-order valence-electron chi connectivity index (χ4n) is 3.49. The number of hydrogen-bond acceptors (Lipinski definition) is 5. The van der Waals surface area contributed by atoms with Gasteiger partial charge < -0.3 is 15.1 Å². The zero-order valence-electron chi connectivity index (χ0n) is 17.3. The average Bonchev–Trinajstić information content (AvgIpc) is 2.75. The predicted molar refractivity (Wildman–Crippen MR) is 122 cm³/mol. The molecule has 0 amide bonds. The van der Waals surface area contributed by atoms with Gasteiger partial charge in [0.1, 0.15) is 0 Å². The van der Waals surface area contributed by atoms with Crippen LogP contribution in [-0.4, -0.2) is 34.0 Å². The molecule has 0 radical (unpaired) electrons. The van der Waals surface area contributed by atoms with Gasteiger partial charge in [-0.1, -0.05) is 36.7 Å². The molecule has 1 heterocycles. The summed E-state index contributed by atoms with van der Waals surface area (Å²) in [6, 6.07) is 13.7. The van der Waals surface area contributed by atoms with Gasteiger partial charge in [-0.3, -0.25) is 9.69 Å². The highest BCUT2D eigenvalue weighted by Gasteiger charge is 2.10. The summed E-state index contributed by atoms with van der Waals surface area (Å²) >= 11 is 5.93. The highest BCUT2D eigenvalue weighted by atomic mass is 35.5. The summed E-state index contributed by atoms with van der Waals surface area (Å²) in [6.07, 6.45) is 3.36. The molecule has 0 aliphatic rings. The van der Waals surface area contributed by atoms with E-state index in [4.69, 9.17) is 16.8 Å². The van der Waals surface area contributed by atoms with E-state index in [1.807, 2.05) is 60.3 Å². The maximum Gasteiger partial charge on any atom is 0.193 e. The van der Waals surface area contributed by atoms with Crippen LogP contribution in [0, 0.1) is 0 Å². The summed E-state index contributed by atoms with van der Waals surface area (Å²) in [5, 5.41) is 16.5. The SMILES string of the molecule is CCN(C/C=N/O)Cc1ccc2c(c1)c(=O)c(CNCc1ccc(Cl)cc1)cn2C. The van der Waals surface area contributed by atoms with Crippen molar-refractivity contribution in [3.8, 4) is 0 Å². The second-order valence-corrected chi connectivity index (χ2v) is 7.74. The molecular weight excluding hydrogens is 400 g/mol. The number of aryl methyl sites for hydroxylation is 1. The molecule has 2 aromatic carbocycles. The average molecular weight is 427 g/mol. The molecule has 0 saturated heterocycles. The first kappa shape index (κ1) is 22.0. The van der Waals surface area contributed by atoms with Crippen LogP contribution >= 0.6 is 11.6 Å². The van der Waals surface area contributed by atoms with Crippen molar-refractivity contribution in [3.63, 3.8) is 0 Å². The number of pyridine rings is 1. The van der Waals surface area contributed by atoms with E-state index in [1.54, 1.807) is 0 Å². The maximum atomic E-state index is 13.1. The lowest BCUT2D eigenvalue weighted by Gasteiger charge is -2.18. The number of oxime groups is 1. The van der Waals surface area contributed by atoms with Crippen LogP contribution in [0.15, 0.2) is 58.6 Å². The molecule has 0 aliphatic carbocycles. The molecule has 158 valence electrons. The van der Waals surface area contributed by atoms with Crippen LogP contribution in [0.25, 0.3) is 10.9 Å². The van der Waals surface area contributed by atoms with E-state index < -0.39 is 0 Å². The Kier molecular flexibility index (Phi) is 7.63. The Balaban J connectivity index is 1.79. The molecule has 30 heavy (non-hydrogen) atoms. The summed E-state index contributed by atoms with van der Waals surface area (Å²) in [4.78, 5) is 15.2. The Morgan fingerprint density at radius 2 is 1.90 bits per heavy atom. The van der Waals surface area contributed by atoms with E-state index in [0.717, 1.165) is 28.8 Å². The van der Waals surface area contributed by atoms with Crippen LogP contribution in [0.5, 0.6) is 0 Å². The first-order chi connectivity index (χ1) is 14.5. The second kappa shape index (κ2) is 10.4. The summed E-state index contributed by atoms with van der Waals surface area (Å²) in [5.41, 5.74) is 3.86. The Bertz CT molecular complexity index is 1080. The number of aromatic nitrogens is 1. The molecule has 1 aromatic heterocycles. The van der Waals surface area contributed by atoms with Crippen molar-refractivity contribution < 1.29 is 5.21 Å². The van der Waals surface area contributed by atoms with Gasteiger partial charge in [-0.25, -0.2) is 0 Å². The van der Waals surface area contributed by atoms with Gasteiger partial charge in [0.05, 0.1) is 11.7 Å². The minimum Gasteiger partial charge on any atom is -0.411 e.